The number of aliphatic hydroxyl groups excluding tert-OH is 2. The number of rotatable bonds is 6. The summed E-state index contributed by atoms with van der Waals surface area (Å²) in [6, 6.07) is 4.52. The van der Waals surface area contributed by atoms with Gasteiger partial charge in [-0.15, -0.1) is 10.2 Å². The van der Waals surface area contributed by atoms with E-state index in [1.54, 1.807) is 6.07 Å². The van der Waals surface area contributed by atoms with Crippen molar-refractivity contribution in [3.05, 3.63) is 52.3 Å². The minimum atomic E-state index is -4.53. The number of imidazole rings is 1. The molecule has 0 aliphatic heterocycles. The zero-order valence-corrected chi connectivity index (χ0v) is 19.0. The number of alkyl halides is 3. The molecular weight excluding hydrogens is 481 g/mol. The van der Waals surface area contributed by atoms with E-state index in [1.807, 2.05) is 19.9 Å². The lowest BCUT2D eigenvalue weighted by Gasteiger charge is -2.14. The van der Waals surface area contributed by atoms with Gasteiger partial charge in [0.2, 0.25) is 0 Å². The van der Waals surface area contributed by atoms with Crippen LogP contribution in [0.15, 0.2) is 30.6 Å². The summed E-state index contributed by atoms with van der Waals surface area (Å²) in [6.45, 7) is 3.28. The van der Waals surface area contributed by atoms with E-state index < -0.39 is 24.5 Å². The van der Waals surface area contributed by atoms with Crippen LogP contribution in [0.25, 0.3) is 26.9 Å². The molecule has 4 rings (SSSR count). The summed E-state index contributed by atoms with van der Waals surface area (Å²) >= 11 is 7.26. The van der Waals surface area contributed by atoms with Crippen LogP contribution in [0.3, 0.4) is 0 Å². The van der Waals surface area contributed by atoms with Crippen molar-refractivity contribution < 1.29 is 28.1 Å². The van der Waals surface area contributed by atoms with Crippen LogP contribution >= 0.6 is 22.9 Å². The zero-order valence-electron chi connectivity index (χ0n) is 17.4. The molecule has 0 aliphatic rings. The molecule has 33 heavy (non-hydrogen) atoms. The second-order valence-electron chi connectivity index (χ2n) is 7.42. The highest BCUT2D eigenvalue weighted by molar-refractivity contribution is 7.17. The van der Waals surface area contributed by atoms with Gasteiger partial charge in [0.15, 0.2) is 10.7 Å². The number of hydrogen-bond acceptors (Lipinski definition) is 7. The molecule has 0 unspecified atom stereocenters. The number of halogens is 4. The standard InChI is InChI=1S/C21H18ClF3N4O3S/c1-10-4-17(32-9-13(31)8-30)11(2)3-14(10)19-27-28-20(33-19)16-7-29-6-12(21(23,24)25)5-15(22)18(29)26-16/h3-7,13,30-31H,8-9H2,1-2H3/t13-/m0/s1. The van der Waals surface area contributed by atoms with Gasteiger partial charge < -0.3 is 19.4 Å². The van der Waals surface area contributed by atoms with Gasteiger partial charge >= 0.3 is 6.18 Å². The molecule has 0 saturated carbocycles. The fourth-order valence-corrected chi connectivity index (χ4v) is 4.30. The van der Waals surface area contributed by atoms with Crippen LogP contribution in [0.4, 0.5) is 13.2 Å². The Balaban J connectivity index is 1.65. The Bertz CT molecular complexity index is 1320. The predicted octanol–water partition coefficient (Wildman–Crippen LogP) is 4.54. The number of benzene rings is 1. The van der Waals surface area contributed by atoms with Gasteiger partial charge in [-0.25, -0.2) is 4.98 Å². The third-order valence-corrected chi connectivity index (χ3v) is 6.13. The quantitative estimate of drug-likeness (QED) is 0.405. The van der Waals surface area contributed by atoms with Gasteiger partial charge in [0.1, 0.15) is 29.2 Å². The molecule has 2 N–H and O–H groups in total. The van der Waals surface area contributed by atoms with Crippen LogP contribution in [0.2, 0.25) is 5.02 Å². The number of aromatic nitrogens is 4. The lowest BCUT2D eigenvalue weighted by Crippen LogP contribution is -2.21. The van der Waals surface area contributed by atoms with Crippen LogP contribution in [0.1, 0.15) is 16.7 Å². The van der Waals surface area contributed by atoms with Crippen molar-refractivity contribution in [1.29, 1.82) is 0 Å². The third kappa shape index (κ3) is 4.81. The maximum atomic E-state index is 13.1. The molecule has 0 spiro atoms. The van der Waals surface area contributed by atoms with Gasteiger partial charge in [-0.1, -0.05) is 22.9 Å². The molecule has 0 amide bonds. The maximum absolute atomic E-state index is 13.1. The molecule has 3 aromatic heterocycles. The number of hydrogen-bond donors (Lipinski definition) is 2. The van der Waals surface area contributed by atoms with Crippen LogP contribution in [-0.2, 0) is 6.18 Å². The molecule has 12 heteroatoms. The lowest BCUT2D eigenvalue weighted by molar-refractivity contribution is -0.137. The van der Waals surface area contributed by atoms with Gasteiger partial charge in [0.25, 0.3) is 0 Å². The molecule has 3 heterocycles. The highest BCUT2D eigenvalue weighted by atomic mass is 35.5. The average Bonchev–Trinajstić information content (AvgIpc) is 3.40. The third-order valence-electron chi connectivity index (χ3n) is 4.87. The summed E-state index contributed by atoms with van der Waals surface area (Å²) in [5, 5.41) is 27.7. The summed E-state index contributed by atoms with van der Waals surface area (Å²) in [5.41, 5.74) is 2.14. The molecule has 0 radical (unpaired) electrons. The summed E-state index contributed by atoms with van der Waals surface area (Å²) in [7, 11) is 0. The van der Waals surface area contributed by atoms with Gasteiger partial charge in [0, 0.05) is 18.0 Å². The van der Waals surface area contributed by atoms with E-state index in [1.165, 1.54) is 21.9 Å². The maximum Gasteiger partial charge on any atom is 0.417 e. The van der Waals surface area contributed by atoms with E-state index in [-0.39, 0.29) is 17.3 Å². The molecule has 0 bridgehead atoms. The number of aliphatic hydroxyl groups is 2. The van der Waals surface area contributed by atoms with Crippen LogP contribution < -0.4 is 4.74 Å². The van der Waals surface area contributed by atoms with Crippen molar-refractivity contribution in [2.24, 2.45) is 0 Å². The first-order valence-corrected chi connectivity index (χ1v) is 10.9. The lowest BCUT2D eigenvalue weighted by atomic mass is 10.1. The minimum absolute atomic E-state index is 0.0361. The van der Waals surface area contributed by atoms with E-state index >= 15 is 0 Å². The summed E-state index contributed by atoms with van der Waals surface area (Å²) in [4.78, 5) is 4.32. The summed E-state index contributed by atoms with van der Waals surface area (Å²) in [5.74, 6) is 0.573. The first-order chi connectivity index (χ1) is 15.6. The molecule has 1 atom stereocenters. The first kappa shape index (κ1) is 23.4. The molecule has 0 fully saturated rings. The Morgan fingerprint density at radius 3 is 2.55 bits per heavy atom. The van der Waals surface area contributed by atoms with Crippen LogP contribution in [0, 0.1) is 13.8 Å². The fraction of sp³-hybridized carbons (Fsp3) is 0.286. The normalized spacial score (nSPS) is 13.0. The van der Waals surface area contributed by atoms with Crippen LogP contribution in [-0.4, -0.2) is 49.1 Å². The Morgan fingerprint density at radius 2 is 1.85 bits per heavy atom. The highest BCUT2D eigenvalue weighted by Crippen LogP contribution is 2.36. The SMILES string of the molecule is Cc1cc(-c2nnc(-c3cn4cc(C(F)(F)F)cc(Cl)c4n3)s2)c(C)cc1OC[C@@H](O)CO. The van der Waals surface area contributed by atoms with Crippen molar-refractivity contribution in [2.75, 3.05) is 13.2 Å². The number of pyridine rings is 1. The van der Waals surface area contributed by atoms with E-state index in [0.29, 0.717) is 21.5 Å². The van der Waals surface area contributed by atoms with E-state index in [0.717, 1.165) is 29.0 Å². The second kappa shape index (κ2) is 8.90. The van der Waals surface area contributed by atoms with Crippen LogP contribution in [0.5, 0.6) is 5.75 Å². The zero-order chi connectivity index (χ0) is 23.9. The minimum Gasteiger partial charge on any atom is -0.491 e. The molecule has 7 nitrogen and oxygen atoms in total. The Morgan fingerprint density at radius 1 is 1.12 bits per heavy atom. The van der Waals surface area contributed by atoms with Crippen molar-refractivity contribution >= 4 is 28.6 Å². The van der Waals surface area contributed by atoms with Gasteiger partial charge in [-0.05, 0) is 43.2 Å². The second-order valence-corrected chi connectivity index (χ2v) is 8.81. The summed E-state index contributed by atoms with van der Waals surface area (Å²) in [6.07, 6.45) is -3.14. The Kier molecular flexibility index (Phi) is 6.32. The highest BCUT2D eigenvalue weighted by Gasteiger charge is 2.32. The molecule has 0 aliphatic carbocycles. The number of nitrogens with zero attached hydrogens (tertiary/aromatic N) is 4. The molecule has 0 saturated heterocycles. The fourth-order valence-electron chi connectivity index (χ4n) is 3.16. The topological polar surface area (TPSA) is 92.8 Å². The molecule has 1 aromatic carbocycles. The predicted molar refractivity (Wildman–Crippen MR) is 118 cm³/mol. The van der Waals surface area contributed by atoms with Crippen molar-refractivity contribution in [3.63, 3.8) is 0 Å². The van der Waals surface area contributed by atoms with Gasteiger partial charge in [-0.2, -0.15) is 13.2 Å². The van der Waals surface area contributed by atoms with Gasteiger partial charge in [-0.3, -0.25) is 0 Å². The molecule has 174 valence electrons. The number of fused-ring (bicyclic) bond motifs is 1. The largest absolute Gasteiger partial charge is 0.491 e. The van der Waals surface area contributed by atoms with Crippen molar-refractivity contribution in [2.45, 2.75) is 26.1 Å². The van der Waals surface area contributed by atoms with Gasteiger partial charge in [0.05, 0.1) is 17.2 Å². The summed E-state index contributed by atoms with van der Waals surface area (Å²) < 4.78 is 46.0. The van der Waals surface area contributed by atoms with E-state index in [9.17, 15) is 18.3 Å². The Hall–Kier alpha value is -2.73. The smallest absolute Gasteiger partial charge is 0.417 e. The van der Waals surface area contributed by atoms with E-state index in [4.69, 9.17) is 21.4 Å². The number of aryl methyl sites for hydroxylation is 2. The average molecular weight is 499 g/mol. The molecular formula is C21H18ClF3N4O3S. The first-order valence-electron chi connectivity index (χ1n) is 9.69. The van der Waals surface area contributed by atoms with Crippen molar-refractivity contribution in [1.82, 2.24) is 19.6 Å². The monoisotopic (exact) mass is 498 g/mol. The van der Waals surface area contributed by atoms with E-state index in [2.05, 4.69) is 15.2 Å². The Labute approximate surface area is 195 Å². The number of ether oxygens (including phenoxy) is 1. The molecule has 4 aromatic rings. The van der Waals surface area contributed by atoms with Crippen molar-refractivity contribution in [3.8, 4) is 27.0 Å².